The van der Waals surface area contributed by atoms with Crippen molar-refractivity contribution in [1.29, 1.82) is 0 Å². The molecular weight excluding hydrogens is 320 g/mol. The highest BCUT2D eigenvalue weighted by Crippen LogP contribution is 2.36. The first kappa shape index (κ1) is 18.5. The quantitative estimate of drug-likeness (QED) is 0.786. The fourth-order valence-electron chi connectivity index (χ4n) is 3.93. The summed E-state index contributed by atoms with van der Waals surface area (Å²) in [6.07, 6.45) is 3.31. The van der Waals surface area contributed by atoms with Crippen LogP contribution >= 0.6 is 0 Å². The number of aromatic hydroxyl groups is 2. The van der Waals surface area contributed by atoms with E-state index in [2.05, 4.69) is 20.8 Å². The first-order valence-corrected chi connectivity index (χ1v) is 9.34. The minimum absolute atomic E-state index is 0.106. The second-order valence-corrected chi connectivity index (χ2v) is 7.87. The van der Waals surface area contributed by atoms with Crippen molar-refractivity contribution in [3.8, 4) is 11.5 Å². The van der Waals surface area contributed by atoms with Gasteiger partial charge in [-0.25, -0.2) is 0 Å². The molecule has 2 aliphatic rings. The zero-order valence-corrected chi connectivity index (χ0v) is 15.4. The number of hydrogen-bond donors (Lipinski definition) is 2. The van der Waals surface area contributed by atoms with E-state index in [0.717, 1.165) is 6.42 Å². The van der Waals surface area contributed by atoms with Gasteiger partial charge in [0.05, 0.1) is 19.3 Å². The monoisotopic (exact) mass is 350 g/mol. The molecule has 5 heteroatoms. The molecule has 5 atom stereocenters. The Kier molecular flexibility index (Phi) is 5.87. The molecule has 1 aromatic rings. The van der Waals surface area contributed by atoms with E-state index >= 15 is 0 Å². The summed E-state index contributed by atoms with van der Waals surface area (Å²) < 4.78 is 17.8. The van der Waals surface area contributed by atoms with Crippen molar-refractivity contribution in [1.82, 2.24) is 0 Å². The first-order valence-electron chi connectivity index (χ1n) is 9.34. The lowest BCUT2D eigenvalue weighted by Crippen LogP contribution is -2.36. The molecule has 1 aliphatic carbocycles. The van der Waals surface area contributed by atoms with Gasteiger partial charge in [0.25, 0.3) is 0 Å². The number of ether oxygens (including phenoxy) is 3. The van der Waals surface area contributed by atoms with Gasteiger partial charge < -0.3 is 24.4 Å². The molecule has 0 spiro atoms. The maximum atomic E-state index is 9.62. The molecule has 2 unspecified atom stereocenters. The van der Waals surface area contributed by atoms with Crippen LogP contribution in [0.3, 0.4) is 0 Å². The van der Waals surface area contributed by atoms with Crippen LogP contribution in [-0.2, 0) is 14.2 Å². The van der Waals surface area contributed by atoms with Gasteiger partial charge in [-0.1, -0.05) is 33.3 Å². The molecule has 1 aliphatic heterocycles. The van der Waals surface area contributed by atoms with E-state index in [1.165, 1.54) is 25.0 Å². The van der Waals surface area contributed by atoms with Gasteiger partial charge in [-0.05, 0) is 42.7 Å². The topological polar surface area (TPSA) is 68.2 Å². The van der Waals surface area contributed by atoms with Crippen LogP contribution in [0, 0.1) is 17.8 Å². The van der Waals surface area contributed by atoms with Crippen LogP contribution in [0.1, 0.15) is 51.9 Å². The van der Waals surface area contributed by atoms with Crippen molar-refractivity contribution in [2.24, 2.45) is 17.8 Å². The van der Waals surface area contributed by atoms with Gasteiger partial charge in [0, 0.05) is 5.56 Å². The van der Waals surface area contributed by atoms with Gasteiger partial charge in [0.15, 0.2) is 17.8 Å². The number of rotatable bonds is 5. The fourth-order valence-corrected chi connectivity index (χ4v) is 3.93. The molecule has 0 amide bonds. The van der Waals surface area contributed by atoms with Crippen molar-refractivity contribution in [2.75, 3.05) is 13.2 Å². The first-order chi connectivity index (χ1) is 11.9. The molecule has 0 aromatic heterocycles. The summed E-state index contributed by atoms with van der Waals surface area (Å²) in [5.41, 5.74) is 0.698. The molecule has 5 nitrogen and oxygen atoms in total. The predicted molar refractivity (Wildman–Crippen MR) is 94.4 cm³/mol. The van der Waals surface area contributed by atoms with E-state index in [1.807, 2.05) is 0 Å². The average Bonchev–Trinajstić information content (AvgIpc) is 3.04. The molecule has 0 radical (unpaired) electrons. The van der Waals surface area contributed by atoms with Crippen LogP contribution in [-0.4, -0.2) is 35.6 Å². The second-order valence-electron chi connectivity index (χ2n) is 7.87. The van der Waals surface area contributed by atoms with Gasteiger partial charge in [0.2, 0.25) is 0 Å². The van der Waals surface area contributed by atoms with Gasteiger partial charge in [-0.3, -0.25) is 0 Å². The Balaban J connectivity index is 1.53. The van der Waals surface area contributed by atoms with E-state index in [9.17, 15) is 10.2 Å². The third kappa shape index (κ3) is 4.46. The molecule has 0 bridgehead atoms. The van der Waals surface area contributed by atoms with Gasteiger partial charge >= 0.3 is 0 Å². The van der Waals surface area contributed by atoms with Crippen molar-refractivity contribution >= 4 is 0 Å². The van der Waals surface area contributed by atoms with E-state index in [0.29, 0.717) is 42.6 Å². The molecule has 140 valence electrons. The highest BCUT2D eigenvalue weighted by molar-refractivity contribution is 5.40. The third-order valence-corrected chi connectivity index (χ3v) is 5.48. The summed E-state index contributed by atoms with van der Waals surface area (Å²) in [6, 6.07) is 4.61. The Morgan fingerprint density at radius 3 is 2.72 bits per heavy atom. The molecule has 1 aromatic carbocycles. The molecular formula is C20H30O5. The van der Waals surface area contributed by atoms with E-state index in [1.54, 1.807) is 6.07 Å². The normalized spacial score (nSPS) is 33.0. The Hall–Kier alpha value is -1.30. The van der Waals surface area contributed by atoms with E-state index < -0.39 is 6.29 Å². The molecule has 1 saturated carbocycles. The van der Waals surface area contributed by atoms with Gasteiger partial charge in [0.1, 0.15) is 6.10 Å². The lowest BCUT2D eigenvalue weighted by molar-refractivity contribution is -0.0993. The highest BCUT2D eigenvalue weighted by Gasteiger charge is 2.34. The summed E-state index contributed by atoms with van der Waals surface area (Å²) in [6.45, 7) is 7.86. The maximum Gasteiger partial charge on any atom is 0.184 e. The number of hydrogen-bond acceptors (Lipinski definition) is 5. The predicted octanol–water partition coefficient (Wildman–Crippen LogP) is 3.99. The van der Waals surface area contributed by atoms with Crippen LogP contribution in [0.15, 0.2) is 18.2 Å². The summed E-state index contributed by atoms with van der Waals surface area (Å²) in [5, 5.41) is 19.0. The Bertz CT molecular complexity index is 573. The average molecular weight is 350 g/mol. The third-order valence-electron chi connectivity index (χ3n) is 5.48. The molecule has 2 fully saturated rings. The fraction of sp³-hybridized carbons (Fsp3) is 0.700. The van der Waals surface area contributed by atoms with Crippen molar-refractivity contribution in [3.63, 3.8) is 0 Å². The van der Waals surface area contributed by atoms with E-state index in [4.69, 9.17) is 14.2 Å². The van der Waals surface area contributed by atoms with Crippen molar-refractivity contribution in [2.45, 2.75) is 58.5 Å². The lowest BCUT2D eigenvalue weighted by atomic mass is 9.75. The summed E-state index contributed by atoms with van der Waals surface area (Å²) in [7, 11) is 0. The van der Waals surface area contributed by atoms with Crippen LogP contribution in [0.4, 0.5) is 0 Å². The Morgan fingerprint density at radius 2 is 2.00 bits per heavy atom. The minimum atomic E-state index is -0.522. The van der Waals surface area contributed by atoms with Crippen molar-refractivity contribution < 1.29 is 24.4 Å². The minimum Gasteiger partial charge on any atom is -0.504 e. The van der Waals surface area contributed by atoms with Crippen LogP contribution < -0.4 is 0 Å². The molecule has 25 heavy (non-hydrogen) atoms. The smallest absolute Gasteiger partial charge is 0.184 e. The largest absolute Gasteiger partial charge is 0.504 e. The van der Waals surface area contributed by atoms with Crippen LogP contribution in [0.5, 0.6) is 11.5 Å². The number of benzene rings is 1. The summed E-state index contributed by atoms with van der Waals surface area (Å²) in [5.74, 6) is 1.65. The number of phenolic OH excluding ortho intramolecular Hbond substituents is 2. The second kappa shape index (κ2) is 7.94. The highest BCUT2D eigenvalue weighted by atomic mass is 16.7. The molecule has 2 N–H and O–H groups in total. The Labute approximate surface area is 149 Å². The Morgan fingerprint density at radius 1 is 1.20 bits per heavy atom. The van der Waals surface area contributed by atoms with Crippen LogP contribution in [0.2, 0.25) is 0 Å². The zero-order valence-electron chi connectivity index (χ0n) is 15.4. The van der Waals surface area contributed by atoms with Crippen molar-refractivity contribution in [3.05, 3.63) is 23.8 Å². The summed E-state index contributed by atoms with van der Waals surface area (Å²) >= 11 is 0. The van der Waals surface area contributed by atoms with Gasteiger partial charge in [-0.2, -0.15) is 0 Å². The SMILES string of the molecule is CC(C)[C@@H]1CC[C@@H](C)C[C@H]1OCC1COC(c2ccc(O)c(O)c2)O1. The standard InChI is InChI=1S/C20H30O5/c1-12(2)16-6-4-13(3)8-19(16)23-10-15-11-24-20(25-15)14-5-7-17(21)18(22)9-14/h5,7,9,12-13,15-16,19-22H,4,6,8,10-11H2,1-3H3/t13-,15?,16+,19-,20?/m1/s1. The van der Waals surface area contributed by atoms with Crippen LogP contribution in [0.25, 0.3) is 0 Å². The molecule has 1 saturated heterocycles. The zero-order chi connectivity index (χ0) is 18.0. The number of phenols is 2. The summed E-state index contributed by atoms with van der Waals surface area (Å²) in [4.78, 5) is 0. The molecule has 3 rings (SSSR count). The lowest BCUT2D eigenvalue weighted by Gasteiger charge is -2.37. The molecule has 1 heterocycles. The van der Waals surface area contributed by atoms with E-state index in [-0.39, 0.29) is 17.6 Å². The van der Waals surface area contributed by atoms with Gasteiger partial charge in [-0.15, -0.1) is 0 Å². The maximum absolute atomic E-state index is 9.62.